The Morgan fingerprint density at radius 3 is 2.28 bits per heavy atom. The fourth-order valence-electron chi connectivity index (χ4n) is 3.08. The average molecular weight is 412 g/mol. The third-order valence-corrected chi connectivity index (χ3v) is 4.78. The van der Waals surface area contributed by atoms with Crippen molar-refractivity contribution >= 4 is 40.9 Å². The Kier molecular flexibility index (Phi) is 5.84. The van der Waals surface area contributed by atoms with Crippen molar-refractivity contribution in [3.05, 3.63) is 53.1 Å². The molecule has 1 fully saturated rings. The SMILES string of the molecule is COc1ccc(/C=C2\C(=O)NC(=S)N(c3ccccc3C)C2=O)c(OC)c1OC. The van der Waals surface area contributed by atoms with Crippen LogP contribution >= 0.6 is 12.2 Å². The van der Waals surface area contributed by atoms with Crippen molar-refractivity contribution in [2.75, 3.05) is 26.2 Å². The van der Waals surface area contributed by atoms with Crippen LogP contribution in [0.2, 0.25) is 0 Å². The first kappa shape index (κ1) is 20.3. The highest BCUT2D eigenvalue weighted by Crippen LogP contribution is 2.40. The van der Waals surface area contributed by atoms with Crippen molar-refractivity contribution < 1.29 is 23.8 Å². The Morgan fingerprint density at radius 1 is 0.966 bits per heavy atom. The number of aryl methyl sites for hydroxylation is 1. The molecule has 1 N–H and O–H groups in total. The predicted octanol–water partition coefficient (Wildman–Crippen LogP) is 2.85. The van der Waals surface area contributed by atoms with Gasteiger partial charge in [-0.15, -0.1) is 0 Å². The van der Waals surface area contributed by atoms with Gasteiger partial charge in [-0.3, -0.25) is 19.8 Å². The summed E-state index contributed by atoms with van der Waals surface area (Å²) < 4.78 is 16.1. The molecule has 0 aromatic heterocycles. The first-order valence-corrected chi connectivity index (χ1v) is 9.09. The van der Waals surface area contributed by atoms with Gasteiger partial charge in [0.15, 0.2) is 16.6 Å². The van der Waals surface area contributed by atoms with Crippen molar-refractivity contribution in [3.63, 3.8) is 0 Å². The van der Waals surface area contributed by atoms with Gasteiger partial charge >= 0.3 is 0 Å². The fraction of sp³-hybridized carbons (Fsp3) is 0.190. The second-order valence-electron chi connectivity index (χ2n) is 6.17. The van der Waals surface area contributed by atoms with Crippen LogP contribution in [-0.2, 0) is 9.59 Å². The summed E-state index contributed by atoms with van der Waals surface area (Å²) >= 11 is 5.25. The van der Waals surface area contributed by atoms with Crippen LogP contribution < -0.4 is 24.4 Å². The van der Waals surface area contributed by atoms with Crippen LogP contribution in [0.5, 0.6) is 17.2 Å². The zero-order valence-corrected chi connectivity index (χ0v) is 17.3. The standard InChI is InChI=1S/C21H20N2O5S/c1-12-7-5-6-8-15(12)23-20(25)14(19(24)22-21(23)29)11-13-9-10-16(26-2)18(28-4)17(13)27-3/h5-11H,1-4H3,(H,22,24,29)/b14-11+. The zero-order valence-electron chi connectivity index (χ0n) is 16.4. The summed E-state index contributed by atoms with van der Waals surface area (Å²) in [5.74, 6) is 0.0648. The Labute approximate surface area is 173 Å². The molecule has 29 heavy (non-hydrogen) atoms. The minimum absolute atomic E-state index is 0.0331. The first-order chi connectivity index (χ1) is 13.9. The van der Waals surface area contributed by atoms with Crippen LogP contribution in [0.1, 0.15) is 11.1 Å². The van der Waals surface area contributed by atoms with Crippen molar-refractivity contribution in [2.45, 2.75) is 6.92 Å². The van der Waals surface area contributed by atoms with Crippen LogP contribution in [-0.4, -0.2) is 38.3 Å². The van der Waals surface area contributed by atoms with E-state index in [9.17, 15) is 9.59 Å². The molecule has 1 aliphatic rings. The van der Waals surface area contributed by atoms with Gasteiger partial charge in [0.2, 0.25) is 5.75 Å². The van der Waals surface area contributed by atoms with Gasteiger partial charge in [-0.25, -0.2) is 0 Å². The number of ether oxygens (including phenoxy) is 3. The molecule has 150 valence electrons. The number of carbonyl (C=O) groups is 2. The molecule has 7 nitrogen and oxygen atoms in total. The van der Waals surface area contributed by atoms with Crippen LogP contribution in [0.4, 0.5) is 5.69 Å². The summed E-state index contributed by atoms with van der Waals surface area (Å²) in [5, 5.41) is 2.61. The minimum Gasteiger partial charge on any atom is -0.493 e. The molecule has 0 radical (unpaired) electrons. The molecule has 1 heterocycles. The van der Waals surface area contributed by atoms with Gasteiger partial charge in [0.05, 0.1) is 27.0 Å². The normalized spacial score (nSPS) is 15.4. The molecule has 1 aliphatic heterocycles. The van der Waals surface area contributed by atoms with Crippen LogP contribution in [0, 0.1) is 6.92 Å². The number of anilines is 1. The van der Waals surface area contributed by atoms with Crippen molar-refractivity contribution in [2.24, 2.45) is 0 Å². The number of nitrogens with one attached hydrogen (secondary N) is 1. The van der Waals surface area contributed by atoms with Gasteiger partial charge in [0, 0.05) is 5.56 Å². The number of nitrogens with zero attached hydrogens (tertiary/aromatic N) is 1. The van der Waals surface area contributed by atoms with E-state index in [1.54, 1.807) is 24.3 Å². The van der Waals surface area contributed by atoms with Gasteiger partial charge < -0.3 is 14.2 Å². The van der Waals surface area contributed by atoms with E-state index in [4.69, 9.17) is 26.4 Å². The number of benzene rings is 2. The average Bonchev–Trinajstić information content (AvgIpc) is 2.71. The number of carbonyl (C=O) groups excluding carboxylic acids is 2. The van der Waals surface area contributed by atoms with Crippen molar-refractivity contribution in [1.82, 2.24) is 5.32 Å². The highest BCUT2D eigenvalue weighted by atomic mass is 32.1. The Morgan fingerprint density at radius 2 is 1.66 bits per heavy atom. The van der Waals surface area contributed by atoms with Crippen LogP contribution in [0.25, 0.3) is 6.08 Å². The maximum Gasteiger partial charge on any atom is 0.270 e. The maximum atomic E-state index is 13.2. The van der Waals surface area contributed by atoms with E-state index in [2.05, 4.69) is 5.32 Å². The van der Waals surface area contributed by atoms with Crippen LogP contribution in [0.3, 0.4) is 0 Å². The second kappa shape index (κ2) is 8.32. The van der Waals surface area contributed by atoms with Crippen molar-refractivity contribution in [3.8, 4) is 17.2 Å². The number of methoxy groups -OCH3 is 3. The fourth-order valence-corrected chi connectivity index (χ4v) is 3.36. The van der Waals surface area contributed by atoms with Gasteiger partial charge in [-0.2, -0.15) is 0 Å². The second-order valence-corrected chi connectivity index (χ2v) is 6.55. The number of rotatable bonds is 5. The Bertz CT molecular complexity index is 1030. The molecule has 0 unspecified atom stereocenters. The molecule has 8 heteroatoms. The summed E-state index contributed by atoms with van der Waals surface area (Å²) in [6.07, 6.45) is 1.45. The molecule has 2 aromatic carbocycles. The third kappa shape index (κ3) is 3.66. The van der Waals surface area contributed by atoms with E-state index in [-0.39, 0.29) is 10.7 Å². The highest BCUT2D eigenvalue weighted by molar-refractivity contribution is 7.80. The monoisotopic (exact) mass is 412 g/mol. The molecule has 1 saturated heterocycles. The summed E-state index contributed by atoms with van der Waals surface area (Å²) in [7, 11) is 4.46. The highest BCUT2D eigenvalue weighted by Gasteiger charge is 2.35. The Hall–Kier alpha value is -3.39. The summed E-state index contributed by atoms with van der Waals surface area (Å²) in [6, 6.07) is 10.6. The lowest BCUT2D eigenvalue weighted by Crippen LogP contribution is -2.54. The first-order valence-electron chi connectivity index (χ1n) is 8.69. The van der Waals surface area contributed by atoms with Gasteiger partial charge in [0.25, 0.3) is 11.8 Å². The summed E-state index contributed by atoms with van der Waals surface area (Å²) in [5.41, 5.74) is 1.86. The smallest absolute Gasteiger partial charge is 0.270 e. The molecule has 0 saturated carbocycles. The largest absolute Gasteiger partial charge is 0.493 e. The van der Waals surface area contributed by atoms with Crippen LogP contribution in [0.15, 0.2) is 42.0 Å². The quantitative estimate of drug-likeness (QED) is 0.462. The molecule has 3 rings (SSSR count). The number of hydrogen-bond donors (Lipinski definition) is 1. The predicted molar refractivity (Wildman–Crippen MR) is 113 cm³/mol. The lowest BCUT2D eigenvalue weighted by Gasteiger charge is -2.30. The summed E-state index contributed by atoms with van der Waals surface area (Å²) in [6.45, 7) is 1.86. The maximum absolute atomic E-state index is 13.2. The Balaban J connectivity index is 2.12. The van der Waals surface area contributed by atoms with Gasteiger partial charge in [-0.05, 0) is 49.0 Å². The van der Waals surface area contributed by atoms with Gasteiger partial charge in [0.1, 0.15) is 5.57 Å². The molecule has 2 amide bonds. The molecular weight excluding hydrogens is 392 g/mol. The molecule has 0 spiro atoms. The van der Waals surface area contributed by atoms with E-state index < -0.39 is 11.8 Å². The molecule has 0 bridgehead atoms. The van der Waals surface area contributed by atoms with E-state index in [0.29, 0.717) is 28.5 Å². The van der Waals surface area contributed by atoms with E-state index in [1.165, 1.54) is 32.3 Å². The molecule has 0 atom stereocenters. The van der Waals surface area contributed by atoms with E-state index >= 15 is 0 Å². The lowest BCUT2D eigenvalue weighted by molar-refractivity contribution is -0.122. The number of thiocarbonyl (C=S) groups is 1. The summed E-state index contributed by atoms with van der Waals surface area (Å²) in [4.78, 5) is 27.1. The van der Waals surface area contributed by atoms with Gasteiger partial charge in [-0.1, -0.05) is 18.2 Å². The number of para-hydroxylation sites is 1. The topological polar surface area (TPSA) is 77.1 Å². The van der Waals surface area contributed by atoms with E-state index in [0.717, 1.165) is 5.56 Å². The number of hydrogen-bond acceptors (Lipinski definition) is 6. The molecule has 2 aromatic rings. The van der Waals surface area contributed by atoms with Crippen molar-refractivity contribution in [1.29, 1.82) is 0 Å². The molecule has 0 aliphatic carbocycles. The zero-order chi connectivity index (χ0) is 21.1. The minimum atomic E-state index is -0.582. The number of amides is 2. The third-order valence-electron chi connectivity index (χ3n) is 4.49. The lowest BCUT2D eigenvalue weighted by atomic mass is 10.0. The van der Waals surface area contributed by atoms with E-state index in [1.807, 2.05) is 19.1 Å². The molecular formula is C21H20N2O5S.